The first kappa shape index (κ1) is 13.6. The lowest BCUT2D eigenvalue weighted by Gasteiger charge is -2.05. The Morgan fingerprint density at radius 3 is 2.89 bits per heavy atom. The molecule has 0 saturated heterocycles. The van der Waals surface area contributed by atoms with Crippen molar-refractivity contribution in [1.29, 1.82) is 0 Å². The molecule has 0 radical (unpaired) electrons. The first-order chi connectivity index (χ1) is 9.11. The molecule has 0 fully saturated rings. The summed E-state index contributed by atoms with van der Waals surface area (Å²) >= 11 is 5.68. The van der Waals surface area contributed by atoms with Crippen LogP contribution in [0.1, 0.15) is 21.6 Å². The van der Waals surface area contributed by atoms with E-state index in [-0.39, 0.29) is 29.3 Å². The first-order valence-corrected chi connectivity index (χ1v) is 6.10. The maximum Gasteiger partial charge on any atom is 0.167 e. The molecule has 0 bridgehead atoms. The van der Waals surface area contributed by atoms with Gasteiger partial charge in [0.2, 0.25) is 0 Å². The Morgan fingerprint density at radius 1 is 1.37 bits per heavy atom. The number of pyridine rings is 1. The standard InChI is InChI=1S/C14H12ClFN2O/c15-12-3-1-2-10(14(12)16)7-13(19)9-4-5-18-11(6-9)8-17/h1-6H,7-8,17H2. The fraction of sp³-hybridized carbons (Fsp3) is 0.143. The molecule has 0 amide bonds. The molecule has 1 aromatic heterocycles. The SMILES string of the molecule is NCc1cc(C(=O)Cc2cccc(Cl)c2F)ccn1. The monoisotopic (exact) mass is 278 g/mol. The minimum atomic E-state index is -0.550. The van der Waals surface area contributed by atoms with Gasteiger partial charge in [0.05, 0.1) is 10.7 Å². The van der Waals surface area contributed by atoms with Crippen LogP contribution in [-0.4, -0.2) is 10.8 Å². The van der Waals surface area contributed by atoms with Crippen LogP contribution < -0.4 is 5.73 Å². The molecule has 1 aromatic carbocycles. The van der Waals surface area contributed by atoms with Crippen LogP contribution in [0.2, 0.25) is 5.02 Å². The molecule has 5 heteroatoms. The summed E-state index contributed by atoms with van der Waals surface area (Å²) in [6.07, 6.45) is 1.48. The molecule has 3 nitrogen and oxygen atoms in total. The van der Waals surface area contributed by atoms with Crippen molar-refractivity contribution >= 4 is 17.4 Å². The number of rotatable bonds is 4. The summed E-state index contributed by atoms with van der Waals surface area (Å²) in [6.45, 7) is 0.257. The minimum Gasteiger partial charge on any atom is -0.325 e. The van der Waals surface area contributed by atoms with Gasteiger partial charge in [0.25, 0.3) is 0 Å². The number of halogens is 2. The summed E-state index contributed by atoms with van der Waals surface area (Å²) < 4.78 is 13.7. The third-order valence-electron chi connectivity index (χ3n) is 2.73. The molecule has 0 spiro atoms. The predicted octanol–water partition coefficient (Wildman–Crippen LogP) is 2.76. The van der Waals surface area contributed by atoms with Gasteiger partial charge in [-0.3, -0.25) is 9.78 Å². The normalized spacial score (nSPS) is 10.5. The van der Waals surface area contributed by atoms with E-state index in [1.54, 1.807) is 24.3 Å². The van der Waals surface area contributed by atoms with Crippen LogP contribution in [-0.2, 0) is 13.0 Å². The van der Waals surface area contributed by atoms with Gasteiger partial charge in [-0.05, 0) is 23.8 Å². The van der Waals surface area contributed by atoms with Crippen molar-refractivity contribution in [3.8, 4) is 0 Å². The van der Waals surface area contributed by atoms with E-state index in [2.05, 4.69) is 4.98 Å². The molecule has 19 heavy (non-hydrogen) atoms. The summed E-state index contributed by atoms with van der Waals surface area (Å²) in [5, 5.41) is 0.0164. The van der Waals surface area contributed by atoms with Gasteiger partial charge in [0.15, 0.2) is 5.78 Å². The van der Waals surface area contributed by atoms with Gasteiger partial charge in [0, 0.05) is 24.7 Å². The van der Waals surface area contributed by atoms with Gasteiger partial charge >= 0.3 is 0 Å². The topological polar surface area (TPSA) is 56.0 Å². The van der Waals surface area contributed by atoms with E-state index < -0.39 is 5.82 Å². The molecule has 1 heterocycles. The summed E-state index contributed by atoms with van der Waals surface area (Å²) in [5.74, 6) is -0.746. The van der Waals surface area contributed by atoms with Crippen LogP contribution in [0, 0.1) is 5.82 Å². The Kier molecular flexibility index (Phi) is 4.24. The zero-order chi connectivity index (χ0) is 13.8. The second kappa shape index (κ2) is 5.91. The third-order valence-corrected chi connectivity index (χ3v) is 3.02. The van der Waals surface area contributed by atoms with Crippen molar-refractivity contribution in [3.63, 3.8) is 0 Å². The van der Waals surface area contributed by atoms with Crippen molar-refractivity contribution in [1.82, 2.24) is 4.98 Å². The Bertz CT molecular complexity index is 616. The maximum atomic E-state index is 13.7. The second-order valence-corrected chi connectivity index (χ2v) is 4.46. The zero-order valence-electron chi connectivity index (χ0n) is 10.1. The van der Waals surface area contributed by atoms with Crippen molar-refractivity contribution in [2.45, 2.75) is 13.0 Å². The van der Waals surface area contributed by atoms with Crippen LogP contribution in [0.25, 0.3) is 0 Å². The largest absolute Gasteiger partial charge is 0.325 e. The third kappa shape index (κ3) is 3.16. The summed E-state index contributed by atoms with van der Waals surface area (Å²) in [7, 11) is 0. The zero-order valence-corrected chi connectivity index (χ0v) is 10.8. The Hall–Kier alpha value is -1.78. The van der Waals surface area contributed by atoms with Crippen LogP contribution in [0.4, 0.5) is 4.39 Å². The fourth-order valence-electron chi connectivity index (χ4n) is 1.72. The molecule has 2 rings (SSSR count). The molecular formula is C14H12ClFN2O. The van der Waals surface area contributed by atoms with Crippen molar-refractivity contribution in [3.05, 3.63) is 64.2 Å². The molecule has 2 N–H and O–H groups in total. The van der Waals surface area contributed by atoms with E-state index in [4.69, 9.17) is 17.3 Å². The molecule has 2 aromatic rings. The minimum absolute atomic E-state index is 0.0164. The van der Waals surface area contributed by atoms with Crippen molar-refractivity contribution < 1.29 is 9.18 Å². The second-order valence-electron chi connectivity index (χ2n) is 4.05. The van der Waals surface area contributed by atoms with Crippen molar-refractivity contribution in [2.75, 3.05) is 0 Å². The number of Topliss-reactive ketones (excluding diaryl/α,β-unsaturated/α-hetero) is 1. The highest BCUT2D eigenvalue weighted by Crippen LogP contribution is 2.19. The Balaban J connectivity index is 2.23. The molecule has 0 saturated carbocycles. The molecular weight excluding hydrogens is 267 g/mol. The number of aromatic nitrogens is 1. The lowest BCUT2D eigenvalue weighted by molar-refractivity contribution is 0.0991. The quantitative estimate of drug-likeness (QED) is 0.875. The van der Waals surface area contributed by atoms with Gasteiger partial charge in [-0.2, -0.15) is 0 Å². The van der Waals surface area contributed by atoms with E-state index in [1.165, 1.54) is 12.3 Å². The first-order valence-electron chi connectivity index (χ1n) is 5.73. The number of hydrogen-bond acceptors (Lipinski definition) is 3. The van der Waals surface area contributed by atoms with Gasteiger partial charge in [0.1, 0.15) is 5.82 Å². The number of carbonyl (C=O) groups is 1. The Morgan fingerprint density at radius 2 is 2.16 bits per heavy atom. The predicted molar refractivity (Wildman–Crippen MR) is 71.6 cm³/mol. The smallest absolute Gasteiger partial charge is 0.167 e. The maximum absolute atomic E-state index is 13.7. The van der Waals surface area contributed by atoms with Gasteiger partial charge in [-0.1, -0.05) is 23.7 Å². The number of benzene rings is 1. The number of ketones is 1. The highest BCUT2D eigenvalue weighted by atomic mass is 35.5. The van der Waals surface area contributed by atoms with Gasteiger partial charge in [-0.25, -0.2) is 4.39 Å². The van der Waals surface area contributed by atoms with E-state index in [0.29, 0.717) is 11.3 Å². The van der Waals surface area contributed by atoms with E-state index in [9.17, 15) is 9.18 Å². The summed E-state index contributed by atoms with van der Waals surface area (Å²) in [5.41, 5.74) is 6.84. The van der Waals surface area contributed by atoms with Crippen LogP contribution in [0.5, 0.6) is 0 Å². The number of carbonyl (C=O) groups excluding carboxylic acids is 1. The molecule has 0 atom stereocenters. The molecule has 0 aliphatic carbocycles. The molecule has 0 unspecified atom stereocenters. The summed E-state index contributed by atoms with van der Waals surface area (Å²) in [6, 6.07) is 7.81. The van der Waals surface area contributed by atoms with Gasteiger partial charge in [-0.15, -0.1) is 0 Å². The van der Waals surface area contributed by atoms with Gasteiger partial charge < -0.3 is 5.73 Å². The van der Waals surface area contributed by atoms with Crippen LogP contribution in [0.15, 0.2) is 36.5 Å². The van der Waals surface area contributed by atoms with Crippen LogP contribution in [0.3, 0.4) is 0 Å². The number of nitrogens with two attached hydrogens (primary N) is 1. The van der Waals surface area contributed by atoms with E-state index >= 15 is 0 Å². The fourth-order valence-corrected chi connectivity index (χ4v) is 1.92. The average molecular weight is 279 g/mol. The molecule has 98 valence electrons. The Labute approximate surface area is 115 Å². The van der Waals surface area contributed by atoms with Crippen molar-refractivity contribution in [2.24, 2.45) is 5.73 Å². The summed E-state index contributed by atoms with van der Waals surface area (Å²) in [4.78, 5) is 16.1. The van der Waals surface area contributed by atoms with E-state index in [1.807, 2.05) is 0 Å². The highest BCUT2D eigenvalue weighted by molar-refractivity contribution is 6.30. The number of hydrogen-bond donors (Lipinski definition) is 1. The average Bonchev–Trinajstić information content (AvgIpc) is 2.44. The number of nitrogens with zero attached hydrogens (tertiary/aromatic N) is 1. The lowest BCUT2D eigenvalue weighted by Crippen LogP contribution is -2.08. The lowest BCUT2D eigenvalue weighted by atomic mass is 10.0. The van der Waals surface area contributed by atoms with E-state index in [0.717, 1.165) is 0 Å². The molecule has 0 aliphatic heterocycles. The van der Waals surface area contributed by atoms with Crippen LogP contribution >= 0.6 is 11.6 Å². The molecule has 0 aliphatic rings. The highest BCUT2D eigenvalue weighted by Gasteiger charge is 2.12.